The van der Waals surface area contributed by atoms with Gasteiger partial charge in [0.25, 0.3) is 5.91 Å². The number of nitrogens with zero attached hydrogens (tertiary/aromatic N) is 2. The molecule has 0 saturated carbocycles. The number of ether oxygens (including phenoxy) is 2. The number of amidine groups is 1. The van der Waals surface area contributed by atoms with Crippen molar-refractivity contribution in [2.75, 3.05) is 29.9 Å². The number of fused-ring (bicyclic) bond motifs is 1. The van der Waals surface area contributed by atoms with Gasteiger partial charge >= 0.3 is 0 Å². The minimum absolute atomic E-state index is 0.0347. The molecule has 184 valence electrons. The molecule has 0 bridgehead atoms. The molecule has 11 nitrogen and oxygen atoms in total. The highest BCUT2D eigenvalue weighted by molar-refractivity contribution is 8.24. The standard InChI is InChI=1S/C22H30N6O5S/c1-22(2,13-33-17-5-3-4-16-19(17)20(23)28-34(30,31)27-16)26-21(29)14-6-9-24-18(12-14)25-15-7-10-32-11-8-15/h3-6,9,12,15,27,30-31H,7-8,10-11,13H2,1-2H3,(H2,23,28)(H,24,25)(H,26,29). The molecule has 2 aliphatic heterocycles. The second-order valence-electron chi connectivity index (χ2n) is 8.86. The van der Waals surface area contributed by atoms with Crippen molar-refractivity contribution in [3.05, 3.63) is 47.7 Å². The number of carbonyl (C=O) groups is 1. The van der Waals surface area contributed by atoms with Crippen LogP contribution in [0.4, 0.5) is 11.5 Å². The number of nitrogens with one attached hydrogen (secondary N) is 3. The summed E-state index contributed by atoms with van der Waals surface area (Å²) in [7, 11) is -3.38. The van der Waals surface area contributed by atoms with E-state index in [1.165, 1.54) is 0 Å². The number of anilines is 2. The van der Waals surface area contributed by atoms with Crippen molar-refractivity contribution in [1.29, 1.82) is 0 Å². The fourth-order valence-electron chi connectivity index (χ4n) is 3.73. The van der Waals surface area contributed by atoms with Gasteiger partial charge in [0.05, 0.1) is 16.8 Å². The van der Waals surface area contributed by atoms with Crippen LogP contribution < -0.4 is 25.8 Å². The molecule has 0 spiro atoms. The van der Waals surface area contributed by atoms with E-state index in [2.05, 4.69) is 24.7 Å². The Morgan fingerprint density at radius 1 is 1.32 bits per heavy atom. The lowest BCUT2D eigenvalue weighted by Gasteiger charge is -2.34. The molecule has 1 amide bonds. The van der Waals surface area contributed by atoms with E-state index >= 15 is 0 Å². The van der Waals surface area contributed by atoms with E-state index in [-0.39, 0.29) is 24.4 Å². The van der Waals surface area contributed by atoms with Gasteiger partial charge in [-0.3, -0.25) is 18.6 Å². The molecule has 0 radical (unpaired) electrons. The topological polar surface area (TPSA) is 163 Å². The van der Waals surface area contributed by atoms with E-state index in [1.807, 2.05) is 13.8 Å². The third-order valence-corrected chi connectivity index (χ3v) is 6.34. The predicted octanol–water partition coefficient (Wildman–Crippen LogP) is 2.97. The summed E-state index contributed by atoms with van der Waals surface area (Å²) in [5.41, 5.74) is 6.55. The predicted molar refractivity (Wildman–Crippen MR) is 132 cm³/mol. The molecule has 1 aromatic carbocycles. The molecule has 7 N–H and O–H groups in total. The monoisotopic (exact) mass is 490 g/mol. The van der Waals surface area contributed by atoms with Crippen molar-refractivity contribution in [2.24, 2.45) is 10.1 Å². The molecule has 1 saturated heterocycles. The first-order valence-electron chi connectivity index (χ1n) is 10.9. The molecule has 0 atom stereocenters. The highest BCUT2D eigenvalue weighted by atomic mass is 32.3. The van der Waals surface area contributed by atoms with Crippen LogP contribution in [0.25, 0.3) is 0 Å². The quantitative estimate of drug-likeness (QED) is 0.342. The van der Waals surface area contributed by atoms with Gasteiger partial charge in [-0.15, -0.1) is 4.40 Å². The molecular formula is C22H30N6O5S. The maximum Gasteiger partial charge on any atom is 0.252 e. The van der Waals surface area contributed by atoms with E-state index in [9.17, 15) is 13.9 Å². The summed E-state index contributed by atoms with van der Waals surface area (Å²) >= 11 is 0. The SMILES string of the molecule is CC(C)(COc1cccc2c1C(N)=NS(O)(O)N2)NC(=O)c1ccnc(NC2CCOCC2)c1. The molecule has 1 aromatic heterocycles. The highest BCUT2D eigenvalue weighted by Crippen LogP contribution is 2.46. The fourth-order valence-corrected chi connectivity index (χ4v) is 4.61. The average molecular weight is 491 g/mol. The summed E-state index contributed by atoms with van der Waals surface area (Å²) in [5, 5.41) is 6.35. The smallest absolute Gasteiger partial charge is 0.252 e. The summed E-state index contributed by atoms with van der Waals surface area (Å²) in [5.74, 6) is 0.776. The van der Waals surface area contributed by atoms with Gasteiger partial charge in [-0.25, -0.2) is 4.98 Å². The number of rotatable bonds is 7. The number of aromatic nitrogens is 1. The summed E-state index contributed by atoms with van der Waals surface area (Å²) < 4.78 is 37.2. The van der Waals surface area contributed by atoms with Gasteiger partial charge in [0, 0.05) is 31.0 Å². The Morgan fingerprint density at radius 2 is 2.09 bits per heavy atom. The minimum Gasteiger partial charge on any atom is -0.490 e. The molecule has 0 aliphatic carbocycles. The molecule has 0 unspecified atom stereocenters. The van der Waals surface area contributed by atoms with Crippen LogP contribution in [0, 0.1) is 0 Å². The van der Waals surface area contributed by atoms with Gasteiger partial charge in [-0.2, -0.15) is 0 Å². The number of pyridine rings is 1. The second-order valence-corrected chi connectivity index (χ2v) is 10.3. The van der Waals surface area contributed by atoms with E-state index in [4.69, 9.17) is 15.2 Å². The third-order valence-electron chi connectivity index (χ3n) is 5.39. The van der Waals surface area contributed by atoms with Gasteiger partial charge in [0.15, 0.2) is 5.84 Å². The highest BCUT2D eigenvalue weighted by Gasteiger charge is 2.27. The zero-order valence-electron chi connectivity index (χ0n) is 19.1. The van der Waals surface area contributed by atoms with Gasteiger partial charge < -0.3 is 25.8 Å². The lowest BCUT2D eigenvalue weighted by molar-refractivity contribution is 0.0879. The summed E-state index contributed by atoms with van der Waals surface area (Å²) in [6.45, 7) is 5.25. The molecule has 2 aromatic rings. The summed E-state index contributed by atoms with van der Waals surface area (Å²) in [6.07, 6.45) is 3.40. The van der Waals surface area contributed by atoms with Crippen molar-refractivity contribution in [2.45, 2.75) is 38.3 Å². The average Bonchev–Trinajstić information content (AvgIpc) is 2.77. The normalized spacial score (nSPS) is 18.6. The Labute approximate surface area is 199 Å². The number of hydrogen-bond acceptors (Lipinski definition) is 10. The van der Waals surface area contributed by atoms with E-state index in [0.717, 1.165) is 12.8 Å². The van der Waals surface area contributed by atoms with Crippen LogP contribution in [0.15, 0.2) is 40.9 Å². The van der Waals surface area contributed by atoms with Gasteiger partial charge in [-0.05, 0) is 61.9 Å². The first kappa shape index (κ1) is 24.1. The zero-order chi connectivity index (χ0) is 24.3. The Hall–Kier alpha value is -3.06. The first-order chi connectivity index (χ1) is 16.1. The Kier molecular flexibility index (Phi) is 6.84. The van der Waals surface area contributed by atoms with Crippen molar-refractivity contribution in [3.8, 4) is 5.75 Å². The van der Waals surface area contributed by atoms with Gasteiger partial charge in [-0.1, -0.05) is 6.07 Å². The molecule has 3 heterocycles. The largest absolute Gasteiger partial charge is 0.490 e. The van der Waals surface area contributed by atoms with E-state index < -0.39 is 16.5 Å². The van der Waals surface area contributed by atoms with Crippen LogP contribution in [0.3, 0.4) is 0 Å². The van der Waals surface area contributed by atoms with E-state index in [0.29, 0.717) is 41.6 Å². The lowest BCUT2D eigenvalue weighted by atomic mass is 10.1. The molecule has 2 aliphatic rings. The maximum atomic E-state index is 12.9. The number of carbonyl (C=O) groups excluding carboxylic acids is 1. The van der Waals surface area contributed by atoms with Crippen molar-refractivity contribution in [1.82, 2.24) is 10.3 Å². The molecule has 34 heavy (non-hydrogen) atoms. The molecule has 1 fully saturated rings. The summed E-state index contributed by atoms with van der Waals surface area (Å²) in [6, 6.07) is 8.72. The lowest BCUT2D eigenvalue weighted by Crippen LogP contribution is -2.48. The number of amides is 1. The molecule has 4 rings (SSSR count). The van der Waals surface area contributed by atoms with Crippen molar-refractivity contribution < 1.29 is 23.4 Å². The van der Waals surface area contributed by atoms with Gasteiger partial charge in [0.2, 0.25) is 0 Å². The number of hydrogen-bond donors (Lipinski definition) is 6. The van der Waals surface area contributed by atoms with Crippen molar-refractivity contribution in [3.63, 3.8) is 0 Å². The van der Waals surface area contributed by atoms with E-state index in [1.54, 1.807) is 36.5 Å². The van der Waals surface area contributed by atoms with Crippen LogP contribution in [0.2, 0.25) is 0 Å². The first-order valence-corrected chi connectivity index (χ1v) is 12.4. The Balaban J connectivity index is 1.40. The molecular weight excluding hydrogens is 460 g/mol. The number of nitrogens with two attached hydrogens (primary N) is 1. The Bertz CT molecular complexity index is 1090. The Morgan fingerprint density at radius 3 is 2.85 bits per heavy atom. The second kappa shape index (κ2) is 9.66. The maximum absolute atomic E-state index is 12.9. The third kappa shape index (κ3) is 5.89. The fraction of sp³-hybridized carbons (Fsp3) is 0.409. The van der Waals surface area contributed by atoms with Crippen LogP contribution in [0.5, 0.6) is 5.75 Å². The zero-order valence-corrected chi connectivity index (χ0v) is 19.9. The van der Waals surface area contributed by atoms with Crippen molar-refractivity contribution >= 4 is 34.2 Å². The summed E-state index contributed by atoms with van der Waals surface area (Å²) in [4.78, 5) is 17.3. The minimum atomic E-state index is -3.38. The number of benzene rings is 1. The van der Waals surface area contributed by atoms with Gasteiger partial charge in [0.1, 0.15) is 18.2 Å². The van der Waals surface area contributed by atoms with Crippen LogP contribution in [-0.2, 0) is 4.74 Å². The molecule has 12 heteroatoms. The van der Waals surface area contributed by atoms with Crippen LogP contribution in [0.1, 0.15) is 42.6 Å². The van der Waals surface area contributed by atoms with Crippen LogP contribution >= 0.6 is 11.0 Å². The van der Waals surface area contributed by atoms with Crippen LogP contribution in [-0.4, -0.2) is 57.2 Å².